The Balaban J connectivity index is 1.96. The third-order valence-corrected chi connectivity index (χ3v) is 4.96. The summed E-state index contributed by atoms with van der Waals surface area (Å²) in [4.78, 5) is 50.2. The molecule has 2 rings (SSSR count). The number of rotatable bonds is 9. The molecule has 1 aromatic rings. The minimum atomic E-state index is -1.05. The van der Waals surface area contributed by atoms with Crippen LogP contribution < -0.4 is 11.1 Å². The van der Waals surface area contributed by atoms with E-state index in [2.05, 4.69) is 5.32 Å². The second-order valence-corrected chi connectivity index (χ2v) is 7.27. The van der Waals surface area contributed by atoms with Crippen molar-refractivity contribution in [2.75, 3.05) is 13.2 Å². The minimum absolute atomic E-state index is 0.0603. The van der Waals surface area contributed by atoms with Gasteiger partial charge in [-0.25, -0.2) is 4.79 Å². The van der Waals surface area contributed by atoms with Crippen molar-refractivity contribution in [2.45, 2.75) is 51.8 Å². The number of carbonyl (C=O) groups excluding carboxylic acids is 4. The quantitative estimate of drug-likeness (QED) is 0.582. The highest BCUT2D eigenvalue weighted by Crippen LogP contribution is 2.20. The summed E-state index contributed by atoms with van der Waals surface area (Å²) < 4.78 is 10.2. The van der Waals surface area contributed by atoms with E-state index < -0.39 is 41.9 Å². The maximum absolute atomic E-state index is 12.8. The number of esters is 1. The van der Waals surface area contributed by atoms with Crippen molar-refractivity contribution < 1.29 is 28.7 Å². The lowest BCUT2D eigenvalue weighted by molar-refractivity contribution is -0.145. The monoisotopic (exact) mass is 419 g/mol. The number of nitrogens with one attached hydrogen (secondary N) is 1. The molecular formula is C21H29N3O6. The molecule has 164 valence electrons. The third kappa shape index (κ3) is 6.47. The van der Waals surface area contributed by atoms with Gasteiger partial charge in [-0.2, -0.15) is 0 Å². The highest BCUT2D eigenvalue weighted by atomic mass is 16.6. The van der Waals surface area contributed by atoms with E-state index in [1.165, 1.54) is 4.90 Å². The molecule has 9 heteroatoms. The number of nitrogens with two attached hydrogens (primary N) is 1. The Morgan fingerprint density at radius 1 is 1.20 bits per heavy atom. The molecule has 0 saturated carbocycles. The minimum Gasteiger partial charge on any atom is -0.466 e. The maximum Gasteiger partial charge on any atom is 0.410 e. The van der Waals surface area contributed by atoms with Crippen LogP contribution in [0, 0.1) is 5.92 Å². The zero-order valence-corrected chi connectivity index (χ0v) is 17.3. The van der Waals surface area contributed by atoms with Crippen LogP contribution in [0.4, 0.5) is 4.79 Å². The molecule has 3 atom stereocenters. The fourth-order valence-electron chi connectivity index (χ4n) is 3.40. The lowest BCUT2D eigenvalue weighted by Crippen LogP contribution is -2.54. The van der Waals surface area contributed by atoms with Crippen molar-refractivity contribution in [3.63, 3.8) is 0 Å². The van der Waals surface area contributed by atoms with Crippen LogP contribution in [0.3, 0.4) is 0 Å². The van der Waals surface area contributed by atoms with Gasteiger partial charge in [-0.1, -0.05) is 37.3 Å². The number of hydrogen-bond donors (Lipinski definition) is 2. The average molecular weight is 419 g/mol. The number of carbonyl (C=O) groups is 4. The number of benzene rings is 1. The second kappa shape index (κ2) is 11.2. The van der Waals surface area contributed by atoms with Gasteiger partial charge < -0.3 is 20.5 Å². The molecule has 1 aliphatic rings. The fourth-order valence-corrected chi connectivity index (χ4v) is 3.40. The van der Waals surface area contributed by atoms with Crippen LogP contribution in [0.1, 0.15) is 38.7 Å². The molecule has 1 saturated heterocycles. The predicted molar refractivity (Wildman–Crippen MR) is 108 cm³/mol. The zero-order valence-electron chi connectivity index (χ0n) is 17.3. The smallest absolute Gasteiger partial charge is 0.410 e. The standard InChI is InChI=1S/C21H29N3O6/c1-3-29-17(25)12-14(2)18(19(22)26)23-20(27)16-10-7-11-24(16)21(28)30-13-15-8-5-4-6-9-15/h4-6,8-9,14,16,18H,3,7,10-13H2,1-2H3,(H2,22,26)(H,23,27)/t14-,16+,18+/m0/s1. The molecule has 0 unspecified atom stereocenters. The number of nitrogens with zero attached hydrogens (tertiary/aromatic N) is 1. The molecular weight excluding hydrogens is 390 g/mol. The number of likely N-dealkylation sites (tertiary alicyclic amines) is 1. The van der Waals surface area contributed by atoms with Crippen LogP contribution >= 0.6 is 0 Å². The predicted octanol–water partition coefficient (Wildman–Crippen LogP) is 1.35. The van der Waals surface area contributed by atoms with Crippen LogP contribution in [-0.4, -0.2) is 54.0 Å². The summed E-state index contributed by atoms with van der Waals surface area (Å²) in [6.45, 7) is 4.02. The van der Waals surface area contributed by atoms with Crippen molar-refractivity contribution in [1.82, 2.24) is 10.2 Å². The van der Waals surface area contributed by atoms with Gasteiger partial charge in [0.05, 0.1) is 13.0 Å². The normalized spacial score (nSPS) is 17.7. The van der Waals surface area contributed by atoms with E-state index in [1.807, 2.05) is 30.3 Å². The Labute approximate surface area is 175 Å². The summed E-state index contributed by atoms with van der Waals surface area (Å²) in [6.07, 6.45) is 0.434. The van der Waals surface area contributed by atoms with Crippen LogP contribution in [0.2, 0.25) is 0 Å². The first-order chi connectivity index (χ1) is 14.3. The molecule has 0 bridgehead atoms. The molecule has 0 aromatic heterocycles. The Morgan fingerprint density at radius 3 is 2.53 bits per heavy atom. The van der Waals surface area contributed by atoms with E-state index in [9.17, 15) is 19.2 Å². The van der Waals surface area contributed by atoms with Gasteiger partial charge in [0.2, 0.25) is 11.8 Å². The summed E-state index contributed by atoms with van der Waals surface area (Å²) in [5, 5.41) is 2.59. The van der Waals surface area contributed by atoms with Crippen molar-refractivity contribution in [2.24, 2.45) is 11.7 Å². The summed E-state index contributed by atoms with van der Waals surface area (Å²) in [7, 11) is 0. The Bertz CT molecular complexity index is 754. The molecule has 1 fully saturated rings. The average Bonchev–Trinajstić information content (AvgIpc) is 3.20. The molecule has 1 heterocycles. The zero-order chi connectivity index (χ0) is 22.1. The molecule has 0 spiro atoms. The van der Waals surface area contributed by atoms with Gasteiger partial charge in [0.25, 0.3) is 0 Å². The maximum atomic E-state index is 12.8. The van der Waals surface area contributed by atoms with Crippen LogP contribution in [0.25, 0.3) is 0 Å². The van der Waals surface area contributed by atoms with Crippen molar-refractivity contribution in [3.05, 3.63) is 35.9 Å². The van der Waals surface area contributed by atoms with Gasteiger partial charge in [0, 0.05) is 6.54 Å². The first-order valence-electron chi connectivity index (χ1n) is 10.1. The summed E-state index contributed by atoms with van der Waals surface area (Å²) in [5.74, 6) is -2.28. The molecule has 30 heavy (non-hydrogen) atoms. The highest BCUT2D eigenvalue weighted by Gasteiger charge is 2.37. The lowest BCUT2D eigenvalue weighted by atomic mass is 9.97. The summed E-state index contributed by atoms with van der Waals surface area (Å²) in [6, 6.07) is 7.42. The largest absolute Gasteiger partial charge is 0.466 e. The third-order valence-electron chi connectivity index (χ3n) is 4.96. The molecule has 9 nitrogen and oxygen atoms in total. The molecule has 3 N–H and O–H groups in total. The number of hydrogen-bond acceptors (Lipinski definition) is 6. The Kier molecular flexibility index (Phi) is 8.64. The lowest BCUT2D eigenvalue weighted by Gasteiger charge is -2.27. The molecule has 1 aromatic carbocycles. The molecule has 0 radical (unpaired) electrons. The Hall–Kier alpha value is -3.10. The van der Waals surface area contributed by atoms with Gasteiger partial charge in [-0.15, -0.1) is 0 Å². The van der Waals surface area contributed by atoms with Gasteiger partial charge in [-0.3, -0.25) is 19.3 Å². The van der Waals surface area contributed by atoms with Crippen LogP contribution in [0.5, 0.6) is 0 Å². The molecule has 1 aliphatic heterocycles. The van der Waals surface area contributed by atoms with Gasteiger partial charge in [0.1, 0.15) is 18.7 Å². The van der Waals surface area contributed by atoms with E-state index in [4.69, 9.17) is 15.2 Å². The fraction of sp³-hybridized carbons (Fsp3) is 0.524. The summed E-state index contributed by atoms with van der Waals surface area (Å²) >= 11 is 0. The van der Waals surface area contributed by atoms with Crippen LogP contribution in [-0.2, 0) is 30.5 Å². The first-order valence-corrected chi connectivity index (χ1v) is 10.1. The highest BCUT2D eigenvalue weighted by molar-refractivity contribution is 5.91. The Morgan fingerprint density at radius 2 is 1.90 bits per heavy atom. The van der Waals surface area contributed by atoms with Gasteiger partial charge in [-0.05, 0) is 31.2 Å². The SMILES string of the molecule is CCOC(=O)C[C@H](C)[C@@H](NC(=O)[C@H]1CCCN1C(=O)OCc1ccccc1)C(N)=O. The van der Waals surface area contributed by atoms with Gasteiger partial charge in [0.15, 0.2) is 0 Å². The van der Waals surface area contributed by atoms with Gasteiger partial charge >= 0.3 is 12.1 Å². The van der Waals surface area contributed by atoms with E-state index in [1.54, 1.807) is 13.8 Å². The molecule has 0 aliphatic carbocycles. The van der Waals surface area contributed by atoms with E-state index in [-0.39, 0.29) is 19.6 Å². The number of amides is 3. The van der Waals surface area contributed by atoms with Crippen molar-refractivity contribution in [3.8, 4) is 0 Å². The second-order valence-electron chi connectivity index (χ2n) is 7.27. The number of ether oxygens (including phenoxy) is 2. The van der Waals surface area contributed by atoms with Crippen LogP contribution in [0.15, 0.2) is 30.3 Å². The van der Waals surface area contributed by atoms with E-state index in [0.717, 1.165) is 5.56 Å². The van der Waals surface area contributed by atoms with Crippen molar-refractivity contribution >= 4 is 23.9 Å². The topological polar surface area (TPSA) is 128 Å². The first kappa shape index (κ1) is 23.2. The van der Waals surface area contributed by atoms with E-state index >= 15 is 0 Å². The molecule has 3 amide bonds. The number of primary amides is 1. The van der Waals surface area contributed by atoms with Crippen molar-refractivity contribution in [1.29, 1.82) is 0 Å². The summed E-state index contributed by atoms with van der Waals surface area (Å²) in [5.41, 5.74) is 6.27. The van der Waals surface area contributed by atoms with E-state index in [0.29, 0.717) is 19.4 Å².